The fourth-order valence-corrected chi connectivity index (χ4v) is 2.96. The average Bonchev–Trinajstić information content (AvgIpc) is 2.55. The first-order valence-electron chi connectivity index (χ1n) is 7.92. The molecular formula is C20H25FO3. The van der Waals surface area contributed by atoms with Crippen LogP contribution in [0.15, 0.2) is 36.4 Å². The average molecular weight is 332 g/mol. The van der Waals surface area contributed by atoms with Gasteiger partial charge in [-0.1, -0.05) is 39.0 Å². The lowest BCUT2D eigenvalue weighted by atomic mass is 9.81. The molecule has 0 bridgehead atoms. The van der Waals surface area contributed by atoms with Gasteiger partial charge >= 0.3 is 0 Å². The molecule has 0 radical (unpaired) electrons. The van der Waals surface area contributed by atoms with E-state index in [-0.39, 0.29) is 23.9 Å². The first kappa shape index (κ1) is 18.4. The molecule has 3 nitrogen and oxygen atoms in total. The Morgan fingerprint density at radius 3 is 2.29 bits per heavy atom. The number of hydrogen-bond acceptors (Lipinski definition) is 3. The molecule has 0 unspecified atom stereocenters. The Labute approximate surface area is 143 Å². The predicted molar refractivity (Wildman–Crippen MR) is 93.5 cm³/mol. The molecule has 0 saturated heterocycles. The molecular weight excluding hydrogens is 307 g/mol. The van der Waals surface area contributed by atoms with Crippen molar-refractivity contribution in [2.24, 2.45) is 5.41 Å². The molecule has 4 heteroatoms. The summed E-state index contributed by atoms with van der Waals surface area (Å²) in [7, 11) is 3.20. The first-order valence-corrected chi connectivity index (χ1v) is 7.92. The van der Waals surface area contributed by atoms with Gasteiger partial charge in [-0.3, -0.25) is 0 Å². The Balaban J connectivity index is 2.70. The van der Waals surface area contributed by atoms with E-state index in [2.05, 4.69) is 20.8 Å². The summed E-state index contributed by atoms with van der Waals surface area (Å²) in [5.41, 5.74) is 2.63. The maximum atomic E-state index is 14.5. The lowest BCUT2D eigenvalue weighted by molar-refractivity contribution is 0.0155. The first-order chi connectivity index (χ1) is 11.3. The molecule has 0 amide bonds. The third-order valence-corrected chi connectivity index (χ3v) is 4.07. The standard InChI is InChI=1S/C20H25FO3/c1-20(2,3)19(24-5)17-10-13(12-22)6-8-15(17)16-11-14(23-4)7-9-18(16)21/h6-11,19,22H,12H2,1-5H3/t19-/m0/s1. The summed E-state index contributed by atoms with van der Waals surface area (Å²) in [6.07, 6.45) is -0.246. The number of hydrogen-bond donors (Lipinski definition) is 1. The second-order valence-corrected chi connectivity index (χ2v) is 6.91. The number of ether oxygens (including phenoxy) is 2. The number of methoxy groups -OCH3 is 2. The Morgan fingerprint density at radius 1 is 1.04 bits per heavy atom. The number of halogens is 1. The van der Waals surface area contributed by atoms with Gasteiger partial charge in [0.05, 0.1) is 19.8 Å². The minimum atomic E-state index is -0.322. The van der Waals surface area contributed by atoms with E-state index < -0.39 is 0 Å². The Kier molecular flexibility index (Phi) is 5.62. The van der Waals surface area contributed by atoms with Crippen LogP contribution in [0, 0.1) is 11.2 Å². The molecule has 0 aliphatic heterocycles. The van der Waals surface area contributed by atoms with E-state index in [1.807, 2.05) is 12.1 Å². The summed E-state index contributed by atoms with van der Waals surface area (Å²) in [5, 5.41) is 9.48. The van der Waals surface area contributed by atoms with E-state index in [1.54, 1.807) is 32.4 Å². The Bertz CT molecular complexity index is 705. The van der Waals surface area contributed by atoms with Gasteiger partial charge in [-0.15, -0.1) is 0 Å². The van der Waals surface area contributed by atoms with Crippen LogP contribution in [-0.4, -0.2) is 19.3 Å². The van der Waals surface area contributed by atoms with Gasteiger partial charge in [0.2, 0.25) is 0 Å². The van der Waals surface area contributed by atoms with Crippen LogP contribution in [0.5, 0.6) is 5.75 Å². The van der Waals surface area contributed by atoms with Gasteiger partial charge in [0.1, 0.15) is 11.6 Å². The third kappa shape index (κ3) is 3.77. The molecule has 0 aliphatic rings. The van der Waals surface area contributed by atoms with Crippen molar-refractivity contribution in [2.45, 2.75) is 33.5 Å². The second-order valence-electron chi connectivity index (χ2n) is 6.91. The molecule has 0 aromatic heterocycles. The molecule has 2 rings (SSSR count). The minimum Gasteiger partial charge on any atom is -0.497 e. The van der Waals surface area contributed by atoms with Crippen LogP contribution < -0.4 is 4.74 Å². The van der Waals surface area contributed by atoms with Crippen molar-refractivity contribution < 1.29 is 19.0 Å². The van der Waals surface area contributed by atoms with Gasteiger partial charge in [0.15, 0.2) is 0 Å². The van der Waals surface area contributed by atoms with Crippen LogP contribution >= 0.6 is 0 Å². The summed E-state index contributed by atoms with van der Waals surface area (Å²) in [6, 6.07) is 10.2. The van der Waals surface area contributed by atoms with E-state index in [9.17, 15) is 9.50 Å². The van der Waals surface area contributed by atoms with E-state index >= 15 is 0 Å². The quantitative estimate of drug-likeness (QED) is 0.860. The second kappa shape index (κ2) is 7.32. The topological polar surface area (TPSA) is 38.7 Å². The molecule has 0 fully saturated rings. The highest BCUT2D eigenvalue weighted by atomic mass is 19.1. The van der Waals surface area contributed by atoms with Gasteiger partial charge in [0, 0.05) is 12.7 Å². The number of aliphatic hydroxyl groups excluding tert-OH is 1. The molecule has 0 spiro atoms. The smallest absolute Gasteiger partial charge is 0.131 e. The maximum Gasteiger partial charge on any atom is 0.131 e. The maximum absolute atomic E-state index is 14.5. The van der Waals surface area contributed by atoms with Crippen molar-refractivity contribution in [1.29, 1.82) is 0 Å². The van der Waals surface area contributed by atoms with Crippen LogP contribution in [0.4, 0.5) is 4.39 Å². The van der Waals surface area contributed by atoms with Crippen LogP contribution in [0.3, 0.4) is 0 Å². The zero-order valence-corrected chi connectivity index (χ0v) is 14.9. The molecule has 1 N–H and O–H groups in total. The zero-order valence-electron chi connectivity index (χ0n) is 14.9. The van der Waals surface area contributed by atoms with E-state index in [0.29, 0.717) is 11.3 Å². The zero-order chi connectivity index (χ0) is 17.9. The molecule has 0 heterocycles. The van der Waals surface area contributed by atoms with Crippen molar-refractivity contribution in [3.05, 3.63) is 53.3 Å². The molecule has 2 aromatic rings. The van der Waals surface area contributed by atoms with Crippen molar-refractivity contribution in [3.8, 4) is 16.9 Å². The minimum absolute atomic E-state index is 0.0750. The summed E-state index contributed by atoms with van der Waals surface area (Å²) in [4.78, 5) is 0. The van der Waals surface area contributed by atoms with Crippen molar-refractivity contribution >= 4 is 0 Å². The molecule has 2 aromatic carbocycles. The summed E-state index contributed by atoms with van der Waals surface area (Å²) in [5.74, 6) is 0.269. The fourth-order valence-electron chi connectivity index (χ4n) is 2.96. The van der Waals surface area contributed by atoms with Crippen molar-refractivity contribution in [3.63, 3.8) is 0 Å². The number of aliphatic hydroxyl groups is 1. The van der Waals surface area contributed by atoms with Crippen molar-refractivity contribution in [2.75, 3.05) is 14.2 Å². The summed E-state index contributed by atoms with van der Waals surface area (Å²) >= 11 is 0. The highest BCUT2D eigenvalue weighted by molar-refractivity contribution is 5.70. The van der Waals surface area contributed by atoms with Crippen LogP contribution in [-0.2, 0) is 11.3 Å². The molecule has 24 heavy (non-hydrogen) atoms. The fraction of sp³-hybridized carbons (Fsp3) is 0.400. The molecule has 0 aliphatic carbocycles. The van der Waals surface area contributed by atoms with Crippen molar-refractivity contribution in [1.82, 2.24) is 0 Å². The van der Waals surface area contributed by atoms with E-state index in [1.165, 1.54) is 6.07 Å². The third-order valence-electron chi connectivity index (χ3n) is 4.07. The predicted octanol–water partition coefficient (Wildman–Crippen LogP) is 4.73. The highest BCUT2D eigenvalue weighted by Gasteiger charge is 2.29. The lowest BCUT2D eigenvalue weighted by Crippen LogP contribution is -2.21. The van der Waals surface area contributed by atoms with E-state index in [0.717, 1.165) is 16.7 Å². The Morgan fingerprint density at radius 2 is 1.75 bits per heavy atom. The monoisotopic (exact) mass is 332 g/mol. The van der Waals surface area contributed by atoms with Crippen LogP contribution in [0.1, 0.15) is 38.0 Å². The molecule has 1 atom stereocenters. The summed E-state index contributed by atoms with van der Waals surface area (Å²) < 4.78 is 25.4. The summed E-state index contributed by atoms with van der Waals surface area (Å²) in [6.45, 7) is 6.13. The molecule has 130 valence electrons. The normalized spacial score (nSPS) is 13.0. The van der Waals surface area contributed by atoms with Gasteiger partial charge < -0.3 is 14.6 Å². The van der Waals surface area contributed by atoms with E-state index in [4.69, 9.17) is 9.47 Å². The lowest BCUT2D eigenvalue weighted by Gasteiger charge is -2.31. The Hall–Kier alpha value is -1.91. The van der Waals surface area contributed by atoms with Crippen LogP contribution in [0.2, 0.25) is 0 Å². The van der Waals surface area contributed by atoms with Crippen LogP contribution in [0.25, 0.3) is 11.1 Å². The van der Waals surface area contributed by atoms with Gasteiger partial charge in [0.25, 0.3) is 0 Å². The van der Waals surface area contributed by atoms with Gasteiger partial charge in [-0.2, -0.15) is 0 Å². The SMILES string of the molecule is COc1ccc(F)c(-c2ccc(CO)cc2[C@H](OC)C(C)(C)C)c1. The largest absolute Gasteiger partial charge is 0.497 e. The highest BCUT2D eigenvalue weighted by Crippen LogP contribution is 2.41. The number of rotatable bonds is 5. The van der Waals surface area contributed by atoms with Gasteiger partial charge in [-0.25, -0.2) is 4.39 Å². The molecule has 0 saturated carbocycles. The van der Waals surface area contributed by atoms with Gasteiger partial charge in [-0.05, 0) is 40.3 Å². The number of benzene rings is 2.